The Bertz CT molecular complexity index is 5870. The molecule has 12 aromatic rings. The van der Waals surface area contributed by atoms with Crippen molar-refractivity contribution < 1.29 is 51.7 Å². The van der Waals surface area contributed by atoms with E-state index in [2.05, 4.69) is 66.5 Å². The predicted octanol–water partition coefficient (Wildman–Crippen LogP) is 10.1. The average Bonchev–Trinajstić information content (AvgIpc) is 1.63. The van der Waals surface area contributed by atoms with Crippen molar-refractivity contribution in [1.82, 2.24) is 73.7 Å². The van der Waals surface area contributed by atoms with Crippen molar-refractivity contribution in [3.63, 3.8) is 0 Å². The number of aliphatic hydroxyl groups is 2. The highest BCUT2D eigenvalue weighted by atomic mass is 19.1. The fraction of sp³-hybridized carbons (Fsp3) is 0.314. The van der Waals surface area contributed by atoms with Crippen molar-refractivity contribution in [2.24, 2.45) is 0 Å². The van der Waals surface area contributed by atoms with Crippen LogP contribution < -0.4 is 46.6 Å². The van der Waals surface area contributed by atoms with E-state index in [4.69, 9.17) is 14.7 Å². The van der Waals surface area contributed by atoms with Crippen LogP contribution in [0.15, 0.2) is 152 Å². The number of halogens is 4. The number of hydrogen-bond acceptors (Lipinski definition) is 21. The van der Waals surface area contributed by atoms with Gasteiger partial charge in [-0.3, -0.25) is 32.4 Å². The Kier molecular flexibility index (Phi) is 22.5. The number of pyridine rings is 5. The molecule has 610 valence electrons. The number of β-amino-alcohol motifs (C(OH)–C–C–N with tert-alkyl or cyclic N) is 2. The first-order chi connectivity index (χ1) is 56.9. The first kappa shape index (κ1) is 79.3. The van der Waals surface area contributed by atoms with Crippen molar-refractivity contribution in [3.05, 3.63) is 220 Å². The number of fused-ring (bicyclic) bond motifs is 6. The normalized spacial score (nSPS) is 17.3. The molecule has 4 amide bonds. The van der Waals surface area contributed by atoms with Crippen LogP contribution in [0, 0.1) is 17.5 Å². The molecule has 0 radical (unpaired) electrons. The van der Waals surface area contributed by atoms with E-state index in [1.807, 2.05) is 151 Å². The van der Waals surface area contributed by atoms with Gasteiger partial charge in [0.2, 0.25) is 5.91 Å². The van der Waals surface area contributed by atoms with Gasteiger partial charge < -0.3 is 81.2 Å². The summed E-state index contributed by atoms with van der Waals surface area (Å²) in [5, 5.41) is 39.3. The number of aliphatic hydroxyl groups excluding tert-OH is 2. The lowest BCUT2D eigenvalue weighted by Gasteiger charge is -2.35. The highest BCUT2D eigenvalue weighted by Gasteiger charge is 2.34. The molecule has 3 fully saturated rings. The molecule has 18 rings (SSSR count). The van der Waals surface area contributed by atoms with Crippen LogP contribution in [0.4, 0.5) is 69.0 Å². The summed E-state index contributed by atoms with van der Waals surface area (Å²) in [5.74, 6) is -0.170. The molecule has 0 unspecified atom stereocenters. The molecular formula is C86H91F4N21O7. The molecule has 8 aromatic heterocycles. The summed E-state index contributed by atoms with van der Waals surface area (Å²) in [6, 6.07) is 33.6. The quantitative estimate of drug-likeness (QED) is 0.0371. The number of hydrogen-bond donors (Lipinski definition) is 8. The van der Waals surface area contributed by atoms with Gasteiger partial charge in [0.1, 0.15) is 58.3 Å². The Labute approximate surface area is 677 Å². The minimum atomic E-state index is -1.20. The summed E-state index contributed by atoms with van der Waals surface area (Å²) in [5.41, 5.74) is 19.1. The van der Waals surface area contributed by atoms with Crippen LogP contribution in [-0.4, -0.2) is 218 Å². The first-order valence-corrected chi connectivity index (χ1v) is 39.1. The van der Waals surface area contributed by atoms with Gasteiger partial charge in [0.05, 0.1) is 112 Å². The molecule has 3 saturated heterocycles. The molecule has 3 atom stereocenters. The molecule has 0 spiro atoms. The summed E-state index contributed by atoms with van der Waals surface area (Å²) in [4.78, 5) is 88.3. The van der Waals surface area contributed by atoms with Gasteiger partial charge in [-0.25, -0.2) is 42.5 Å². The van der Waals surface area contributed by atoms with Crippen molar-refractivity contribution >= 4 is 92.0 Å². The summed E-state index contributed by atoms with van der Waals surface area (Å²) in [6.07, 6.45) is 7.99. The Morgan fingerprint density at radius 2 is 0.949 bits per heavy atom. The van der Waals surface area contributed by atoms with Gasteiger partial charge in [0.15, 0.2) is 0 Å². The van der Waals surface area contributed by atoms with E-state index in [9.17, 15) is 47.0 Å². The van der Waals surface area contributed by atoms with Crippen molar-refractivity contribution in [2.45, 2.75) is 70.5 Å². The van der Waals surface area contributed by atoms with Gasteiger partial charge in [-0.15, -0.1) is 0 Å². The number of benzene rings is 4. The Morgan fingerprint density at radius 1 is 0.500 bits per heavy atom. The van der Waals surface area contributed by atoms with Crippen LogP contribution in [0.2, 0.25) is 0 Å². The third kappa shape index (κ3) is 16.5. The molecule has 32 heteroatoms. The van der Waals surface area contributed by atoms with Gasteiger partial charge in [-0.1, -0.05) is 18.2 Å². The molecule has 4 aromatic carbocycles. The molecule has 14 heterocycles. The summed E-state index contributed by atoms with van der Waals surface area (Å²) in [7, 11) is 13.8. The largest absolute Gasteiger partial charge is 0.389 e. The Balaban J connectivity index is 0.000000132. The number of alkyl halides is 1. The number of nitrogens with zero attached hydrogens (tertiary/aromatic N) is 15. The highest BCUT2D eigenvalue weighted by Crippen LogP contribution is 2.41. The van der Waals surface area contributed by atoms with E-state index in [0.29, 0.717) is 154 Å². The third-order valence-corrected chi connectivity index (χ3v) is 21.8. The lowest BCUT2D eigenvalue weighted by Crippen LogP contribution is -2.45. The molecule has 0 saturated carbocycles. The number of aromatic nitrogens is 8. The number of nitrogens with one attached hydrogen (secondary N) is 6. The van der Waals surface area contributed by atoms with Crippen LogP contribution in [0.5, 0.6) is 0 Å². The van der Waals surface area contributed by atoms with E-state index < -0.39 is 18.4 Å². The van der Waals surface area contributed by atoms with Crippen molar-refractivity contribution in [2.75, 3.05) is 139 Å². The molecule has 28 nitrogen and oxygen atoms in total. The van der Waals surface area contributed by atoms with Gasteiger partial charge in [-0.05, 0) is 150 Å². The third-order valence-electron chi connectivity index (χ3n) is 21.8. The number of likely N-dealkylation sites (N-methyl/N-ethyl adjacent to an activating group) is 1. The molecule has 0 bridgehead atoms. The number of anilines is 9. The second-order valence-electron chi connectivity index (χ2n) is 31.0. The minimum Gasteiger partial charge on any atom is -0.389 e. The zero-order valence-electron chi connectivity index (χ0n) is 66.3. The lowest BCUT2D eigenvalue weighted by molar-refractivity contribution is -0.129. The summed E-state index contributed by atoms with van der Waals surface area (Å²) in [6.45, 7) is 7.85. The topological polar surface area (TPSA) is 291 Å². The first-order valence-electron chi connectivity index (χ1n) is 39.1. The molecule has 0 aliphatic carbocycles. The second-order valence-corrected chi connectivity index (χ2v) is 31.0. The lowest BCUT2D eigenvalue weighted by atomic mass is 9.98. The number of carbonyl (C=O) groups excluding carboxylic acids is 4. The van der Waals surface area contributed by atoms with Crippen LogP contribution >= 0.6 is 0 Å². The molecule has 8 N–H and O–H groups in total. The monoisotopic (exact) mass is 1610 g/mol. The number of imidazole rings is 3. The van der Waals surface area contributed by atoms with Crippen LogP contribution in [0.1, 0.15) is 77.6 Å². The fourth-order valence-electron chi connectivity index (χ4n) is 16.2. The zero-order valence-corrected chi connectivity index (χ0v) is 66.3. The Morgan fingerprint density at radius 3 is 1.42 bits per heavy atom. The van der Waals surface area contributed by atoms with E-state index in [1.165, 1.54) is 36.4 Å². The van der Waals surface area contributed by atoms with Crippen LogP contribution in [0.25, 0.3) is 50.7 Å². The number of ether oxygens (including phenoxy) is 1. The molecule has 6 aliphatic rings. The van der Waals surface area contributed by atoms with Crippen molar-refractivity contribution in [3.8, 4) is 33.8 Å². The minimum absolute atomic E-state index is 0.148. The van der Waals surface area contributed by atoms with E-state index in [-0.39, 0.29) is 54.0 Å². The average molecular weight is 1610 g/mol. The van der Waals surface area contributed by atoms with Gasteiger partial charge >= 0.3 is 0 Å². The summed E-state index contributed by atoms with van der Waals surface area (Å²) < 4.78 is 65.9. The SMILES string of the molecule is CN(C)Cc1cc(Nc2ccc(-c3cnc4cc(F)ccn34)c3c2C(=O)NC3)ccc1N1CC[C@@H](F)[C@H](O)C1.CN(C)Cc1nc(Nc2ccc(-c3cnc4cc(F)ccn34)c3c2C(=O)NC3)ccc1N1CCC(=O)N(C)CC1.CN(C)Cc1nc(Nc2ccc(-c3cnc4cc(F)ccn34)c3c2C(=O)NC3)ccc1N1CCOC[C@H](O)C1. The predicted molar refractivity (Wildman–Crippen MR) is 443 cm³/mol. The van der Waals surface area contributed by atoms with E-state index >= 15 is 0 Å². The maximum atomic E-state index is 13.9. The Hall–Kier alpha value is -12.6. The molecule has 6 aliphatic heterocycles. The molecule has 118 heavy (non-hydrogen) atoms. The summed E-state index contributed by atoms with van der Waals surface area (Å²) >= 11 is 0. The number of piperidine rings is 1. The number of carbonyl (C=O) groups is 4. The van der Waals surface area contributed by atoms with Gasteiger partial charge in [-0.2, -0.15) is 0 Å². The maximum Gasteiger partial charge on any atom is 0.254 e. The standard InChI is InChI=1S/C29H30F2N6O2.C29H31FN8O2.C28H30FN7O3/c1-35(2)15-17-11-19(3-6-24(17)36-9-8-22(31)26(38)16-36)34-23-5-4-20(21-13-33-29(39)28(21)23)25-14-32-27-12-18(30)7-10-37(25)27;1-35(2)17-22-23(37-10-9-27(39)36(3)12-13-37)6-7-25(34-22)33-21-5-4-19(20-15-32-29(40)28(20)21)24-16-31-26-14-18(30)8-11-38(24)26;1-34(2)15-22-23(35-9-10-39-16-18(37)14-35)5-6-25(33-22)32-21-4-3-19(20-12-31-28(38)27(20)21)24-13-30-26-11-17(29)7-8-36(24)26/h3-7,10-12,14,22,26,34,38H,8-9,13,15-16H2,1-2H3,(H,33,39);4-8,11,14,16H,9-10,12-13,15,17H2,1-3H3,(H,32,40)(H,33,34);3-8,11,13,18,37H,9-10,12,14-16H2,1-2H3,(H,31,38)(H,32,33)/t22-,26-;;18-/m1.1/s1. The van der Waals surface area contributed by atoms with E-state index in [0.717, 1.165) is 96.7 Å². The number of rotatable bonds is 18. The second kappa shape index (κ2) is 33.6. The highest BCUT2D eigenvalue weighted by molar-refractivity contribution is 6.08. The number of amides is 4. The van der Waals surface area contributed by atoms with Gasteiger partial charge in [0, 0.05) is 163 Å². The fourth-order valence-corrected chi connectivity index (χ4v) is 16.2. The smallest absolute Gasteiger partial charge is 0.254 e. The van der Waals surface area contributed by atoms with Crippen LogP contribution in [0.3, 0.4) is 0 Å². The zero-order chi connectivity index (χ0) is 82.3. The molecular weight excluding hydrogens is 1520 g/mol. The van der Waals surface area contributed by atoms with Crippen LogP contribution in [-0.2, 0) is 48.8 Å². The van der Waals surface area contributed by atoms with Crippen molar-refractivity contribution in [1.29, 1.82) is 0 Å². The maximum absolute atomic E-state index is 13.9. The van der Waals surface area contributed by atoms with Gasteiger partial charge in [0.25, 0.3) is 17.7 Å². The van der Waals surface area contributed by atoms with E-state index in [1.54, 1.807) is 42.1 Å².